The Morgan fingerprint density at radius 2 is 1.54 bits per heavy atom. The van der Waals surface area contributed by atoms with Gasteiger partial charge >= 0.3 is 0 Å². The van der Waals surface area contributed by atoms with Crippen molar-refractivity contribution in [3.05, 3.63) is 89.9 Å². The van der Waals surface area contributed by atoms with Gasteiger partial charge in [-0.3, -0.25) is 9.20 Å². The van der Waals surface area contributed by atoms with Crippen molar-refractivity contribution in [3.63, 3.8) is 0 Å². The number of imidazole rings is 1. The summed E-state index contributed by atoms with van der Waals surface area (Å²) in [5.74, 6) is 0.785. The highest BCUT2D eigenvalue weighted by Gasteiger charge is 2.19. The summed E-state index contributed by atoms with van der Waals surface area (Å²) in [5, 5.41) is 3.07. The molecule has 0 aliphatic carbocycles. The number of methoxy groups -OCH3 is 1. The number of amides is 1. The predicted molar refractivity (Wildman–Crippen MR) is 140 cm³/mol. The zero-order chi connectivity index (χ0) is 24.2. The Balaban J connectivity index is 1.17. The first-order valence-corrected chi connectivity index (χ1v) is 12.1. The number of carbonyl (C=O) groups excluding carboxylic acids is 1. The molecule has 0 spiro atoms. The predicted octanol–water partition coefficient (Wildman–Crippen LogP) is 4.16. The van der Waals surface area contributed by atoms with E-state index >= 15 is 0 Å². The van der Waals surface area contributed by atoms with E-state index in [0.717, 1.165) is 48.8 Å². The molecular formula is C28H31N5O2. The summed E-state index contributed by atoms with van der Waals surface area (Å²) in [6.07, 6.45) is 2.60. The molecule has 180 valence electrons. The number of pyridine rings is 1. The van der Waals surface area contributed by atoms with Gasteiger partial charge in [-0.05, 0) is 60.5 Å². The Labute approximate surface area is 206 Å². The molecule has 1 aliphatic heterocycles. The maximum atomic E-state index is 13.0. The van der Waals surface area contributed by atoms with Gasteiger partial charge < -0.3 is 19.9 Å². The number of aromatic nitrogens is 2. The minimum Gasteiger partial charge on any atom is -0.497 e. The van der Waals surface area contributed by atoms with Crippen LogP contribution in [0.3, 0.4) is 0 Å². The smallest absolute Gasteiger partial charge is 0.270 e. The van der Waals surface area contributed by atoms with Crippen LogP contribution in [0.15, 0.2) is 72.9 Å². The molecule has 2 aromatic carbocycles. The van der Waals surface area contributed by atoms with Crippen molar-refractivity contribution in [2.75, 3.05) is 43.1 Å². The summed E-state index contributed by atoms with van der Waals surface area (Å²) >= 11 is 0. The van der Waals surface area contributed by atoms with Crippen LogP contribution in [0.5, 0.6) is 5.75 Å². The molecule has 1 amide bonds. The lowest BCUT2D eigenvalue weighted by Gasteiger charge is -2.37. The van der Waals surface area contributed by atoms with E-state index in [1.165, 1.54) is 11.4 Å². The lowest BCUT2D eigenvalue weighted by molar-refractivity contribution is 0.0944. The second-order valence-electron chi connectivity index (χ2n) is 8.71. The number of aryl methyl sites for hydroxylation is 1. The molecule has 7 heteroatoms. The molecule has 0 bridgehead atoms. The first-order chi connectivity index (χ1) is 17.2. The van der Waals surface area contributed by atoms with E-state index in [1.807, 2.05) is 47.9 Å². The number of hydrogen-bond donors (Lipinski definition) is 1. The van der Waals surface area contributed by atoms with Gasteiger partial charge in [-0.25, -0.2) is 4.98 Å². The van der Waals surface area contributed by atoms with Gasteiger partial charge in [-0.1, -0.05) is 25.1 Å². The average molecular weight is 470 g/mol. The minimum atomic E-state index is -0.0979. The number of rotatable bonds is 7. The standard InChI is InChI=1S/C28H31N5O2/c1-3-25-27(33-15-5-4-6-26(33)30-25)28(34)29-20-21-7-9-22(10-8-21)31-16-18-32(19-17-31)23-11-13-24(35-2)14-12-23/h4-15H,3,16-20H2,1-2H3,(H,29,34). The van der Waals surface area contributed by atoms with Crippen LogP contribution >= 0.6 is 0 Å². The van der Waals surface area contributed by atoms with Gasteiger partial charge in [-0.15, -0.1) is 0 Å². The highest BCUT2D eigenvalue weighted by atomic mass is 16.5. The van der Waals surface area contributed by atoms with Crippen molar-refractivity contribution in [2.45, 2.75) is 19.9 Å². The molecular weight excluding hydrogens is 438 g/mol. The van der Waals surface area contributed by atoms with Crippen LogP contribution in [0.1, 0.15) is 28.7 Å². The molecule has 1 N–H and O–H groups in total. The van der Waals surface area contributed by atoms with Gasteiger partial charge in [0, 0.05) is 50.3 Å². The lowest BCUT2D eigenvalue weighted by Crippen LogP contribution is -2.46. The van der Waals surface area contributed by atoms with Gasteiger partial charge in [-0.2, -0.15) is 0 Å². The molecule has 0 unspecified atom stereocenters. The Morgan fingerprint density at radius 1 is 0.914 bits per heavy atom. The van der Waals surface area contributed by atoms with E-state index in [1.54, 1.807) is 7.11 Å². The van der Waals surface area contributed by atoms with E-state index in [4.69, 9.17) is 4.74 Å². The van der Waals surface area contributed by atoms with Crippen molar-refractivity contribution >= 4 is 22.9 Å². The monoisotopic (exact) mass is 469 g/mol. The quantitative estimate of drug-likeness (QED) is 0.440. The molecule has 5 rings (SSSR count). The van der Waals surface area contributed by atoms with Crippen molar-refractivity contribution in [1.82, 2.24) is 14.7 Å². The lowest BCUT2D eigenvalue weighted by atomic mass is 10.1. The molecule has 1 aliphatic rings. The summed E-state index contributed by atoms with van der Waals surface area (Å²) in [7, 11) is 1.69. The highest BCUT2D eigenvalue weighted by Crippen LogP contribution is 2.23. The topological polar surface area (TPSA) is 62.1 Å². The second kappa shape index (κ2) is 10.1. The number of carbonyl (C=O) groups is 1. The van der Waals surface area contributed by atoms with Gasteiger partial charge in [0.25, 0.3) is 5.91 Å². The Bertz CT molecular complexity index is 1290. The molecule has 4 aromatic rings. The van der Waals surface area contributed by atoms with Crippen LogP contribution < -0.4 is 19.9 Å². The second-order valence-corrected chi connectivity index (χ2v) is 8.71. The normalized spacial score (nSPS) is 13.8. The number of ether oxygens (including phenoxy) is 1. The zero-order valence-electron chi connectivity index (χ0n) is 20.3. The van der Waals surface area contributed by atoms with Gasteiger partial charge in [0.05, 0.1) is 12.8 Å². The van der Waals surface area contributed by atoms with Crippen molar-refractivity contribution in [3.8, 4) is 5.75 Å². The van der Waals surface area contributed by atoms with Crippen LogP contribution in [0.2, 0.25) is 0 Å². The van der Waals surface area contributed by atoms with Crippen LogP contribution in [-0.4, -0.2) is 48.6 Å². The zero-order valence-corrected chi connectivity index (χ0v) is 20.3. The molecule has 1 saturated heterocycles. The van der Waals surface area contributed by atoms with Crippen molar-refractivity contribution in [2.24, 2.45) is 0 Å². The maximum absolute atomic E-state index is 13.0. The number of piperazine rings is 1. The van der Waals surface area contributed by atoms with E-state index in [9.17, 15) is 4.79 Å². The molecule has 35 heavy (non-hydrogen) atoms. The van der Waals surface area contributed by atoms with E-state index in [2.05, 4.69) is 56.5 Å². The van der Waals surface area contributed by atoms with E-state index < -0.39 is 0 Å². The Morgan fingerprint density at radius 3 is 2.14 bits per heavy atom. The van der Waals surface area contributed by atoms with Gasteiger partial charge in [0.1, 0.15) is 17.1 Å². The summed E-state index contributed by atoms with van der Waals surface area (Å²) < 4.78 is 7.13. The summed E-state index contributed by atoms with van der Waals surface area (Å²) in [6.45, 7) is 6.39. The Kier molecular flexibility index (Phi) is 6.57. The van der Waals surface area contributed by atoms with Crippen LogP contribution in [-0.2, 0) is 13.0 Å². The first-order valence-electron chi connectivity index (χ1n) is 12.1. The largest absolute Gasteiger partial charge is 0.497 e. The van der Waals surface area contributed by atoms with Crippen LogP contribution in [0.25, 0.3) is 5.65 Å². The number of nitrogens with one attached hydrogen (secondary N) is 1. The summed E-state index contributed by atoms with van der Waals surface area (Å²) in [5.41, 5.74) is 5.75. The van der Waals surface area contributed by atoms with E-state index in [0.29, 0.717) is 18.7 Å². The molecule has 7 nitrogen and oxygen atoms in total. The van der Waals surface area contributed by atoms with Gasteiger partial charge in [0.2, 0.25) is 0 Å². The summed E-state index contributed by atoms with van der Waals surface area (Å²) in [4.78, 5) is 22.4. The number of anilines is 2. The van der Waals surface area contributed by atoms with Crippen molar-refractivity contribution in [1.29, 1.82) is 0 Å². The van der Waals surface area contributed by atoms with Crippen LogP contribution in [0.4, 0.5) is 11.4 Å². The number of nitrogens with zero attached hydrogens (tertiary/aromatic N) is 4. The Hall–Kier alpha value is -4.00. The molecule has 0 radical (unpaired) electrons. The molecule has 1 fully saturated rings. The van der Waals surface area contributed by atoms with E-state index in [-0.39, 0.29) is 5.91 Å². The fourth-order valence-electron chi connectivity index (χ4n) is 4.64. The summed E-state index contributed by atoms with van der Waals surface area (Å²) in [6, 6.07) is 22.5. The number of hydrogen-bond acceptors (Lipinski definition) is 5. The molecule has 0 atom stereocenters. The third-order valence-corrected chi connectivity index (χ3v) is 6.62. The fourth-order valence-corrected chi connectivity index (χ4v) is 4.64. The first kappa shape index (κ1) is 22.8. The fraction of sp³-hybridized carbons (Fsp3) is 0.286. The number of fused-ring (bicyclic) bond motifs is 1. The van der Waals surface area contributed by atoms with Crippen molar-refractivity contribution < 1.29 is 9.53 Å². The molecule has 2 aromatic heterocycles. The average Bonchev–Trinajstić information content (AvgIpc) is 3.31. The third kappa shape index (κ3) is 4.80. The molecule has 3 heterocycles. The molecule has 0 saturated carbocycles. The maximum Gasteiger partial charge on any atom is 0.270 e. The van der Waals surface area contributed by atoms with Gasteiger partial charge in [0.15, 0.2) is 0 Å². The minimum absolute atomic E-state index is 0.0979. The van der Waals surface area contributed by atoms with Crippen LogP contribution in [0, 0.1) is 0 Å². The third-order valence-electron chi connectivity index (χ3n) is 6.62. The highest BCUT2D eigenvalue weighted by molar-refractivity contribution is 5.94. The SMILES string of the molecule is CCc1nc2ccccn2c1C(=O)NCc1ccc(N2CCN(c3ccc(OC)cc3)CC2)cc1. The number of benzene rings is 2.